The van der Waals surface area contributed by atoms with E-state index in [0.29, 0.717) is 4.86 Å². The molecule has 21 heavy (non-hydrogen) atoms. The minimum absolute atomic E-state index is 0.116. The van der Waals surface area contributed by atoms with Gasteiger partial charge in [0.1, 0.15) is 6.33 Å². The molecule has 4 nitrogen and oxygen atoms in total. The molecule has 0 saturated carbocycles. The van der Waals surface area contributed by atoms with Gasteiger partial charge in [0.25, 0.3) is 3.92 Å². The highest BCUT2D eigenvalue weighted by molar-refractivity contribution is 7.81. The summed E-state index contributed by atoms with van der Waals surface area (Å²) in [6, 6.07) is -0.409. The van der Waals surface area contributed by atoms with Gasteiger partial charge in [0.2, 0.25) is 0 Å². The summed E-state index contributed by atoms with van der Waals surface area (Å²) in [6.45, 7) is 6.19. The van der Waals surface area contributed by atoms with Crippen LogP contribution < -0.4 is 5.69 Å². The van der Waals surface area contributed by atoms with Crippen molar-refractivity contribution in [2.75, 3.05) is 0 Å². The monoisotopic (exact) mass is 365 g/mol. The first-order valence-corrected chi connectivity index (χ1v) is 7.74. The molecule has 1 aliphatic carbocycles. The number of hydrogen-bond donors (Lipinski definition) is 0. The third-order valence-corrected chi connectivity index (χ3v) is 4.07. The van der Waals surface area contributed by atoms with Gasteiger partial charge in [-0.25, -0.2) is 4.79 Å². The number of allylic oxidation sites excluding steroid dienone is 4. The van der Waals surface area contributed by atoms with Gasteiger partial charge in [-0.2, -0.15) is 9.78 Å². The second-order valence-corrected chi connectivity index (χ2v) is 8.39. The smallest absolute Gasteiger partial charge is 0.269 e. The first kappa shape index (κ1) is 16.7. The van der Waals surface area contributed by atoms with Gasteiger partial charge in [0.05, 0.1) is 6.04 Å². The molecule has 1 unspecified atom stereocenters. The van der Waals surface area contributed by atoms with Crippen molar-refractivity contribution in [2.24, 2.45) is 5.41 Å². The van der Waals surface area contributed by atoms with Crippen LogP contribution >= 0.6 is 47.0 Å². The van der Waals surface area contributed by atoms with Gasteiger partial charge in [-0.15, -0.1) is 0 Å². The molecule has 1 aromatic heterocycles. The maximum atomic E-state index is 12.3. The second kappa shape index (κ2) is 5.54. The van der Waals surface area contributed by atoms with Crippen molar-refractivity contribution in [3.05, 3.63) is 40.6 Å². The molecule has 0 bridgehead atoms. The average molecular weight is 367 g/mol. The fourth-order valence-electron chi connectivity index (χ4n) is 2.10. The van der Waals surface area contributed by atoms with Crippen molar-refractivity contribution in [3.63, 3.8) is 0 Å². The summed E-state index contributed by atoms with van der Waals surface area (Å²) in [4.78, 5) is 13.0. The first-order valence-electron chi connectivity index (χ1n) is 6.20. The van der Waals surface area contributed by atoms with Gasteiger partial charge in [-0.1, -0.05) is 86.0 Å². The Labute approximate surface area is 143 Å². The van der Waals surface area contributed by atoms with Gasteiger partial charge in [-0.3, -0.25) is 4.57 Å². The largest absolute Gasteiger partial charge is 0.350 e. The minimum atomic E-state index is -1.93. The zero-order valence-electron chi connectivity index (χ0n) is 11.7. The fourth-order valence-corrected chi connectivity index (χ4v) is 3.02. The predicted molar refractivity (Wildman–Crippen MR) is 90.3 cm³/mol. The SMILES string of the molecule is CC(C)(C)C1=CC=CC(n2cnn(C(Cl)(Cl)Cl)c2=O)C1=S. The summed E-state index contributed by atoms with van der Waals surface area (Å²) in [5.74, 6) is 0. The van der Waals surface area contributed by atoms with Gasteiger partial charge < -0.3 is 0 Å². The normalized spacial score (nSPS) is 19.8. The lowest BCUT2D eigenvalue weighted by molar-refractivity contribution is 0.518. The molecular weight excluding hydrogens is 353 g/mol. The lowest BCUT2D eigenvalue weighted by atomic mass is 9.80. The predicted octanol–water partition coefficient (Wildman–Crippen LogP) is 3.78. The van der Waals surface area contributed by atoms with E-state index >= 15 is 0 Å². The van der Waals surface area contributed by atoms with Crippen LogP contribution in [0.3, 0.4) is 0 Å². The van der Waals surface area contributed by atoms with Crippen LogP contribution in [-0.2, 0) is 3.92 Å². The van der Waals surface area contributed by atoms with Crippen LogP contribution in [-0.4, -0.2) is 19.2 Å². The standard InChI is InChI=1S/C13H14Cl3N3OS/c1-12(2,3)8-5-4-6-9(10(8)21)18-7-17-19(11(18)20)13(14,15)16/h4-7,9H,1-3H3. The van der Waals surface area contributed by atoms with Crippen LogP contribution in [0.4, 0.5) is 0 Å². The van der Waals surface area contributed by atoms with Crippen molar-refractivity contribution < 1.29 is 0 Å². The number of nitrogens with zero attached hydrogens (tertiary/aromatic N) is 3. The van der Waals surface area contributed by atoms with Crippen molar-refractivity contribution in [3.8, 4) is 0 Å². The number of aromatic nitrogens is 3. The molecular formula is C13H14Cl3N3OS. The van der Waals surface area contributed by atoms with E-state index in [1.54, 1.807) is 0 Å². The van der Waals surface area contributed by atoms with Crippen LogP contribution in [0.5, 0.6) is 0 Å². The number of alkyl halides is 3. The van der Waals surface area contributed by atoms with Crippen molar-refractivity contribution >= 4 is 51.9 Å². The molecule has 0 amide bonds. The number of rotatable bonds is 1. The highest BCUT2D eigenvalue weighted by Gasteiger charge is 2.32. The molecule has 0 saturated heterocycles. The highest BCUT2D eigenvalue weighted by atomic mass is 35.6. The van der Waals surface area contributed by atoms with Gasteiger partial charge in [0, 0.05) is 4.86 Å². The Morgan fingerprint density at radius 3 is 2.38 bits per heavy atom. The summed E-state index contributed by atoms with van der Waals surface area (Å²) in [7, 11) is 0. The summed E-state index contributed by atoms with van der Waals surface area (Å²) in [5.41, 5.74) is 0.357. The lowest BCUT2D eigenvalue weighted by Gasteiger charge is -2.29. The van der Waals surface area contributed by atoms with E-state index in [1.807, 2.05) is 18.2 Å². The van der Waals surface area contributed by atoms with E-state index in [1.165, 1.54) is 10.9 Å². The van der Waals surface area contributed by atoms with Crippen LogP contribution in [0, 0.1) is 5.41 Å². The van der Waals surface area contributed by atoms with Crippen LogP contribution in [0.25, 0.3) is 0 Å². The van der Waals surface area contributed by atoms with Gasteiger partial charge in [0.15, 0.2) is 0 Å². The molecule has 1 atom stereocenters. The third kappa shape index (κ3) is 3.26. The molecule has 1 heterocycles. The summed E-state index contributed by atoms with van der Waals surface area (Å²) < 4.78 is 0.230. The highest BCUT2D eigenvalue weighted by Crippen LogP contribution is 2.34. The third-order valence-electron chi connectivity index (χ3n) is 3.13. The van der Waals surface area contributed by atoms with Crippen molar-refractivity contribution in [1.82, 2.24) is 14.3 Å². The molecule has 0 aliphatic heterocycles. The number of halogens is 3. The Bertz CT molecular complexity index is 689. The maximum Gasteiger partial charge on any atom is 0.350 e. The zero-order valence-corrected chi connectivity index (χ0v) is 14.8. The Balaban J connectivity index is 2.45. The summed E-state index contributed by atoms with van der Waals surface area (Å²) in [5, 5.41) is 3.84. The van der Waals surface area contributed by atoms with Crippen molar-refractivity contribution in [2.45, 2.75) is 30.7 Å². The molecule has 0 N–H and O–H groups in total. The molecule has 0 fully saturated rings. The van der Waals surface area contributed by atoms with E-state index in [0.717, 1.165) is 10.3 Å². The molecule has 2 rings (SSSR count). The van der Waals surface area contributed by atoms with Crippen molar-refractivity contribution in [1.29, 1.82) is 0 Å². The Hall–Kier alpha value is -0.620. The summed E-state index contributed by atoms with van der Waals surface area (Å²) >= 11 is 22.7. The van der Waals surface area contributed by atoms with Crippen LogP contribution in [0.1, 0.15) is 26.8 Å². The van der Waals surface area contributed by atoms with Crippen LogP contribution in [0.2, 0.25) is 0 Å². The minimum Gasteiger partial charge on any atom is -0.269 e. The molecule has 1 aromatic rings. The van der Waals surface area contributed by atoms with E-state index < -0.39 is 15.6 Å². The number of thiocarbonyl (C=S) groups is 1. The molecule has 8 heteroatoms. The molecule has 0 aromatic carbocycles. The molecule has 1 aliphatic rings. The quantitative estimate of drug-likeness (QED) is 0.561. The number of hydrogen-bond acceptors (Lipinski definition) is 3. The Morgan fingerprint density at radius 2 is 1.90 bits per heavy atom. The van der Waals surface area contributed by atoms with Gasteiger partial charge >= 0.3 is 5.69 Å². The Morgan fingerprint density at radius 1 is 1.29 bits per heavy atom. The zero-order chi connectivity index (χ0) is 16.0. The first-order chi connectivity index (χ1) is 9.53. The molecule has 0 radical (unpaired) electrons. The maximum absolute atomic E-state index is 12.3. The molecule has 0 spiro atoms. The van der Waals surface area contributed by atoms with E-state index in [9.17, 15) is 4.79 Å². The average Bonchev–Trinajstić information content (AvgIpc) is 2.69. The topological polar surface area (TPSA) is 39.8 Å². The lowest BCUT2D eigenvalue weighted by Crippen LogP contribution is -2.36. The van der Waals surface area contributed by atoms with E-state index in [2.05, 4.69) is 25.9 Å². The van der Waals surface area contributed by atoms with E-state index in [-0.39, 0.29) is 5.41 Å². The van der Waals surface area contributed by atoms with E-state index in [4.69, 9.17) is 47.0 Å². The summed E-state index contributed by atoms with van der Waals surface area (Å²) in [6.07, 6.45) is 6.99. The molecule has 114 valence electrons. The van der Waals surface area contributed by atoms with Crippen LogP contribution in [0.15, 0.2) is 34.9 Å². The fraction of sp³-hybridized carbons (Fsp3) is 0.462. The Kier molecular flexibility index (Phi) is 4.42. The van der Waals surface area contributed by atoms with Gasteiger partial charge in [-0.05, 0) is 11.0 Å². The second-order valence-electron chi connectivity index (χ2n) is 5.72.